The molecule has 1 amide bonds. The Bertz CT molecular complexity index is 1160. The van der Waals surface area contributed by atoms with Gasteiger partial charge < -0.3 is 19.7 Å². The maximum atomic E-state index is 13.1. The fourth-order valence-corrected chi connectivity index (χ4v) is 3.16. The summed E-state index contributed by atoms with van der Waals surface area (Å²) in [5.41, 5.74) is 0.967. The highest BCUT2D eigenvalue weighted by Crippen LogP contribution is 2.29. The highest BCUT2D eigenvalue weighted by Gasteiger charge is 2.27. The van der Waals surface area contributed by atoms with E-state index in [4.69, 9.17) is 9.47 Å². The molecule has 33 heavy (non-hydrogen) atoms. The predicted octanol–water partition coefficient (Wildman–Crippen LogP) is 4.21. The van der Waals surface area contributed by atoms with Crippen molar-refractivity contribution in [3.63, 3.8) is 0 Å². The zero-order chi connectivity index (χ0) is 24.0. The molecule has 0 aliphatic carbocycles. The third-order valence-corrected chi connectivity index (χ3v) is 4.79. The fourth-order valence-electron chi connectivity index (χ4n) is 3.16. The number of rotatable bonds is 8. The number of hydrogen-bond acceptors (Lipinski definition) is 7. The van der Waals surface area contributed by atoms with Gasteiger partial charge in [0.25, 0.3) is 11.6 Å². The Kier molecular flexibility index (Phi) is 7.24. The SMILES string of the molecule is COc1cccc(NC(=O)C(OC(=O)c2ccc(N(C)C)c([N+](=O)[O-])c2)c2ccccc2)c1. The Labute approximate surface area is 190 Å². The van der Waals surface area contributed by atoms with Gasteiger partial charge in [-0.15, -0.1) is 0 Å². The van der Waals surface area contributed by atoms with Crippen molar-refractivity contribution in [2.24, 2.45) is 0 Å². The zero-order valence-corrected chi connectivity index (χ0v) is 18.3. The number of esters is 1. The lowest BCUT2D eigenvalue weighted by atomic mass is 10.1. The summed E-state index contributed by atoms with van der Waals surface area (Å²) in [4.78, 5) is 38.4. The zero-order valence-electron chi connectivity index (χ0n) is 18.3. The van der Waals surface area contributed by atoms with Crippen molar-refractivity contribution in [1.82, 2.24) is 0 Å². The minimum atomic E-state index is -1.28. The summed E-state index contributed by atoms with van der Waals surface area (Å²) in [5, 5.41) is 14.2. The van der Waals surface area contributed by atoms with Gasteiger partial charge in [0, 0.05) is 37.5 Å². The van der Waals surface area contributed by atoms with E-state index in [2.05, 4.69) is 5.32 Å². The van der Waals surface area contributed by atoms with Crippen LogP contribution in [-0.2, 0) is 9.53 Å². The molecule has 1 atom stereocenters. The van der Waals surface area contributed by atoms with Crippen molar-refractivity contribution < 1.29 is 24.0 Å². The largest absolute Gasteiger partial charge is 0.497 e. The number of methoxy groups -OCH3 is 1. The second-order valence-electron chi connectivity index (χ2n) is 7.27. The van der Waals surface area contributed by atoms with Crippen LogP contribution in [0, 0.1) is 10.1 Å². The lowest BCUT2D eigenvalue weighted by molar-refractivity contribution is -0.384. The van der Waals surface area contributed by atoms with Gasteiger partial charge in [0.1, 0.15) is 11.4 Å². The van der Waals surface area contributed by atoms with Gasteiger partial charge in [-0.2, -0.15) is 0 Å². The minimum Gasteiger partial charge on any atom is -0.497 e. The Balaban J connectivity index is 1.89. The number of carbonyl (C=O) groups is 2. The Hall–Kier alpha value is -4.40. The van der Waals surface area contributed by atoms with E-state index < -0.39 is 22.9 Å². The summed E-state index contributed by atoms with van der Waals surface area (Å²) in [5.74, 6) is -0.894. The van der Waals surface area contributed by atoms with Crippen molar-refractivity contribution in [2.75, 3.05) is 31.4 Å². The maximum absolute atomic E-state index is 13.1. The fraction of sp³-hybridized carbons (Fsp3) is 0.167. The molecule has 0 heterocycles. The molecule has 0 aromatic heterocycles. The monoisotopic (exact) mass is 449 g/mol. The second-order valence-corrected chi connectivity index (χ2v) is 7.27. The lowest BCUT2D eigenvalue weighted by Gasteiger charge is -2.19. The number of benzene rings is 3. The number of nitrogens with zero attached hydrogens (tertiary/aromatic N) is 2. The van der Waals surface area contributed by atoms with Crippen LogP contribution in [0.3, 0.4) is 0 Å². The van der Waals surface area contributed by atoms with E-state index in [0.29, 0.717) is 22.7 Å². The summed E-state index contributed by atoms with van der Waals surface area (Å²) in [7, 11) is 4.83. The van der Waals surface area contributed by atoms with Crippen LogP contribution >= 0.6 is 0 Å². The molecular formula is C24H23N3O6. The molecule has 3 aromatic carbocycles. The summed E-state index contributed by atoms with van der Waals surface area (Å²) in [6.45, 7) is 0. The van der Waals surface area contributed by atoms with E-state index >= 15 is 0 Å². The quantitative estimate of drug-likeness (QED) is 0.312. The van der Waals surface area contributed by atoms with E-state index in [1.54, 1.807) is 73.6 Å². The number of nitro groups is 1. The molecule has 9 nitrogen and oxygen atoms in total. The number of nitro benzene ring substituents is 1. The molecule has 0 saturated heterocycles. The van der Waals surface area contributed by atoms with Crippen molar-refractivity contribution >= 4 is 28.9 Å². The molecule has 0 spiro atoms. The molecule has 0 aliphatic rings. The molecule has 0 saturated carbocycles. The average Bonchev–Trinajstić information content (AvgIpc) is 2.82. The molecule has 1 unspecified atom stereocenters. The molecule has 3 aromatic rings. The first-order valence-electron chi connectivity index (χ1n) is 9.96. The first-order valence-corrected chi connectivity index (χ1v) is 9.96. The van der Waals surface area contributed by atoms with E-state index in [1.807, 2.05) is 0 Å². The van der Waals surface area contributed by atoms with Gasteiger partial charge in [-0.1, -0.05) is 36.4 Å². The minimum absolute atomic E-state index is 0.0394. The predicted molar refractivity (Wildman–Crippen MR) is 124 cm³/mol. The van der Waals surface area contributed by atoms with Gasteiger partial charge in [0.05, 0.1) is 17.6 Å². The molecule has 0 radical (unpaired) electrons. The standard InChI is InChI=1S/C24H23N3O6/c1-26(2)20-13-12-17(14-21(20)27(30)31)24(29)33-22(16-8-5-4-6-9-16)23(28)25-18-10-7-11-19(15-18)32-3/h4-15,22H,1-3H3,(H,25,28). The number of amides is 1. The molecule has 1 N–H and O–H groups in total. The summed E-state index contributed by atoms with van der Waals surface area (Å²) < 4.78 is 10.7. The molecule has 0 bridgehead atoms. The van der Waals surface area contributed by atoms with Gasteiger partial charge >= 0.3 is 5.97 Å². The highest BCUT2D eigenvalue weighted by molar-refractivity contribution is 5.98. The van der Waals surface area contributed by atoms with Gasteiger partial charge in [0.2, 0.25) is 6.10 Å². The molecule has 170 valence electrons. The topological polar surface area (TPSA) is 111 Å². The Morgan fingerprint density at radius 1 is 1.00 bits per heavy atom. The van der Waals surface area contributed by atoms with Crippen LogP contribution in [0.4, 0.5) is 17.1 Å². The van der Waals surface area contributed by atoms with Gasteiger partial charge in [-0.05, 0) is 24.3 Å². The smallest absolute Gasteiger partial charge is 0.339 e. The van der Waals surface area contributed by atoms with Crippen LogP contribution in [0.15, 0.2) is 72.8 Å². The summed E-state index contributed by atoms with van der Waals surface area (Å²) in [6, 6.07) is 19.3. The third kappa shape index (κ3) is 5.65. The number of hydrogen-bond donors (Lipinski definition) is 1. The Morgan fingerprint density at radius 2 is 1.73 bits per heavy atom. The average molecular weight is 449 g/mol. The Morgan fingerprint density at radius 3 is 2.36 bits per heavy atom. The molecule has 0 fully saturated rings. The van der Waals surface area contributed by atoms with Crippen LogP contribution in [0.5, 0.6) is 5.75 Å². The maximum Gasteiger partial charge on any atom is 0.339 e. The third-order valence-electron chi connectivity index (χ3n) is 4.79. The number of carbonyl (C=O) groups excluding carboxylic acids is 2. The van der Waals surface area contributed by atoms with Crippen LogP contribution in [-0.4, -0.2) is 38.0 Å². The molecule has 9 heteroatoms. The van der Waals surface area contributed by atoms with Gasteiger partial charge in [0.15, 0.2) is 0 Å². The highest BCUT2D eigenvalue weighted by atomic mass is 16.6. The van der Waals surface area contributed by atoms with Crippen LogP contribution in [0.1, 0.15) is 22.0 Å². The normalized spacial score (nSPS) is 11.2. The van der Waals surface area contributed by atoms with Gasteiger partial charge in [-0.25, -0.2) is 4.79 Å². The number of nitrogens with one attached hydrogen (secondary N) is 1. The second kappa shape index (κ2) is 10.3. The van der Waals surface area contributed by atoms with Gasteiger partial charge in [-0.3, -0.25) is 14.9 Å². The first kappa shape index (κ1) is 23.3. The van der Waals surface area contributed by atoms with E-state index in [9.17, 15) is 19.7 Å². The molecule has 0 aliphatic heterocycles. The lowest BCUT2D eigenvalue weighted by Crippen LogP contribution is -2.26. The molecule has 3 rings (SSSR count). The van der Waals surface area contributed by atoms with E-state index in [1.165, 1.54) is 19.2 Å². The van der Waals surface area contributed by atoms with E-state index in [0.717, 1.165) is 6.07 Å². The van der Waals surface area contributed by atoms with Crippen LogP contribution in [0.25, 0.3) is 0 Å². The summed E-state index contributed by atoms with van der Waals surface area (Å²) >= 11 is 0. The van der Waals surface area contributed by atoms with Crippen molar-refractivity contribution in [3.8, 4) is 5.75 Å². The number of ether oxygens (including phenoxy) is 2. The first-order chi connectivity index (χ1) is 15.8. The van der Waals surface area contributed by atoms with Crippen molar-refractivity contribution in [2.45, 2.75) is 6.10 Å². The summed E-state index contributed by atoms with van der Waals surface area (Å²) in [6.07, 6.45) is -1.28. The number of anilines is 2. The van der Waals surface area contributed by atoms with Crippen LogP contribution < -0.4 is 15.0 Å². The van der Waals surface area contributed by atoms with Crippen LogP contribution in [0.2, 0.25) is 0 Å². The molecular weight excluding hydrogens is 426 g/mol. The van der Waals surface area contributed by atoms with Crippen molar-refractivity contribution in [1.29, 1.82) is 0 Å². The van der Waals surface area contributed by atoms with Crippen molar-refractivity contribution in [3.05, 3.63) is 94.0 Å². The van der Waals surface area contributed by atoms with E-state index in [-0.39, 0.29) is 11.3 Å².